The van der Waals surface area contributed by atoms with Crippen molar-refractivity contribution < 1.29 is 13.6 Å². The monoisotopic (exact) mass is 173 g/mol. The second-order valence-electron chi connectivity index (χ2n) is 1.98. The number of likely N-dealkylation sites (N-methyl/N-ethyl adjacent to an activating group) is 1. The molecule has 0 unspecified atom stereocenters. The van der Waals surface area contributed by atoms with Gasteiger partial charge in [0.2, 0.25) is 0 Å². The molecule has 0 amide bonds. The lowest BCUT2D eigenvalue weighted by Gasteiger charge is -2.02. The average molecular weight is 173 g/mol. The van der Waals surface area contributed by atoms with Gasteiger partial charge in [-0.25, -0.2) is 8.78 Å². The van der Waals surface area contributed by atoms with Crippen LogP contribution in [0.4, 0.5) is 8.78 Å². The molecule has 0 aliphatic rings. The molecular weight excluding hydrogens is 164 g/mol. The first kappa shape index (κ1) is 10.6. The molecule has 0 atom stereocenters. The number of hydrogen-bond acceptors (Lipinski definition) is 2. The van der Waals surface area contributed by atoms with E-state index in [2.05, 4.69) is 18.5 Å². The molecule has 0 saturated heterocycles. The van der Waals surface area contributed by atoms with Crippen molar-refractivity contribution in [3.05, 3.63) is 36.1 Å². The minimum absolute atomic E-state index is 0.0557. The molecule has 0 aliphatic carbocycles. The summed E-state index contributed by atoms with van der Waals surface area (Å²) in [5, 5.41) is 2.34. The molecule has 0 fully saturated rings. The summed E-state index contributed by atoms with van der Waals surface area (Å²) in [4.78, 5) is 10.1. The maximum absolute atomic E-state index is 12.9. The van der Waals surface area contributed by atoms with E-state index in [1.54, 1.807) is 0 Å². The third-order valence-corrected chi connectivity index (χ3v) is 1.21. The van der Waals surface area contributed by atoms with Crippen LogP contribution in [0.25, 0.3) is 0 Å². The summed E-state index contributed by atoms with van der Waals surface area (Å²) in [5.74, 6) is -2.14. The summed E-state index contributed by atoms with van der Waals surface area (Å²) in [6.45, 7) is 6.01. The number of allylic oxidation sites excluding steroid dienone is 3. The molecule has 0 spiro atoms. The quantitative estimate of drug-likeness (QED) is 0.397. The van der Waals surface area contributed by atoms with E-state index in [1.165, 1.54) is 7.05 Å². The first-order valence-electron chi connectivity index (χ1n) is 3.11. The standard InChI is InChI=1S/C8H9F2NO/c1-5(9)7(4-12)8(10)6(2)11-3/h4,11H,1-2H2,3H3/b8-7+. The maximum Gasteiger partial charge on any atom is 0.159 e. The Hall–Kier alpha value is -1.45. The Balaban J connectivity index is 4.97. The summed E-state index contributed by atoms with van der Waals surface area (Å²) >= 11 is 0. The Bertz CT molecular complexity index is 256. The molecule has 2 nitrogen and oxygen atoms in total. The van der Waals surface area contributed by atoms with Gasteiger partial charge in [0.25, 0.3) is 0 Å². The van der Waals surface area contributed by atoms with Crippen LogP contribution in [-0.2, 0) is 4.79 Å². The predicted molar refractivity (Wildman–Crippen MR) is 42.6 cm³/mol. The Morgan fingerprint density at radius 1 is 1.42 bits per heavy atom. The summed E-state index contributed by atoms with van der Waals surface area (Å²) in [7, 11) is 1.41. The number of aldehydes is 1. The van der Waals surface area contributed by atoms with Crippen LogP contribution in [0.15, 0.2) is 36.1 Å². The van der Waals surface area contributed by atoms with Gasteiger partial charge in [-0.3, -0.25) is 4.79 Å². The van der Waals surface area contributed by atoms with E-state index in [9.17, 15) is 13.6 Å². The van der Waals surface area contributed by atoms with Crippen LogP contribution < -0.4 is 5.32 Å². The second kappa shape index (κ2) is 4.43. The van der Waals surface area contributed by atoms with Gasteiger partial charge in [-0.05, 0) is 0 Å². The van der Waals surface area contributed by atoms with Crippen molar-refractivity contribution in [2.24, 2.45) is 0 Å². The molecule has 12 heavy (non-hydrogen) atoms. The maximum atomic E-state index is 12.9. The van der Waals surface area contributed by atoms with E-state index in [4.69, 9.17) is 0 Å². The fourth-order valence-corrected chi connectivity index (χ4v) is 0.507. The van der Waals surface area contributed by atoms with E-state index in [0.29, 0.717) is 0 Å². The van der Waals surface area contributed by atoms with E-state index in [0.717, 1.165) is 0 Å². The first-order chi connectivity index (χ1) is 5.54. The lowest BCUT2D eigenvalue weighted by molar-refractivity contribution is -0.104. The van der Waals surface area contributed by atoms with E-state index in [-0.39, 0.29) is 12.0 Å². The van der Waals surface area contributed by atoms with Crippen molar-refractivity contribution in [3.8, 4) is 0 Å². The van der Waals surface area contributed by atoms with Gasteiger partial charge >= 0.3 is 0 Å². The highest BCUT2D eigenvalue weighted by atomic mass is 19.1. The predicted octanol–water partition coefficient (Wildman–Crippen LogP) is 1.63. The molecular formula is C8H9F2NO. The van der Waals surface area contributed by atoms with Gasteiger partial charge in [-0.2, -0.15) is 0 Å². The van der Waals surface area contributed by atoms with Crippen LogP contribution in [-0.4, -0.2) is 13.3 Å². The molecule has 0 aliphatic heterocycles. The minimum atomic E-state index is -1.11. The summed E-state index contributed by atoms with van der Waals surface area (Å²) in [6, 6.07) is 0. The van der Waals surface area contributed by atoms with Crippen molar-refractivity contribution in [1.29, 1.82) is 0 Å². The number of carbonyl (C=O) groups is 1. The molecule has 0 aromatic carbocycles. The van der Waals surface area contributed by atoms with E-state index < -0.39 is 17.2 Å². The van der Waals surface area contributed by atoms with Crippen LogP contribution in [0, 0.1) is 0 Å². The Morgan fingerprint density at radius 2 is 1.92 bits per heavy atom. The molecule has 0 aromatic heterocycles. The summed E-state index contributed by atoms with van der Waals surface area (Å²) < 4.78 is 25.2. The lowest BCUT2D eigenvalue weighted by Crippen LogP contribution is -2.07. The van der Waals surface area contributed by atoms with Gasteiger partial charge in [0, 0.05) is 7.05 Å². The smallest absolute Gasteiger partial charge is 0.159 e. The Labute approximate surface area is 69.3 Å². The van der Waals surface area contributed by atoms with Gasteiger partial charge in [-0.1, -0.05) is 13.2 Å². The van der Waals surface area contributed by atoms with Gasteiger partial charge in [0.05, 0.1) is 11.3 Å². The molecule has 0 radical (unpaired) electrons. The number of halogens is 2. The third kappa shape index (κ3) is 2.30. The number of carbonyl (C=O) groups excluding carboxylic acids is 1. The van der Waals surface area contributed by atoms with Crippen LogP contribution in [0.2, 0.25) is 0 Å². The minimum Gasteiger partial charge on any atom is -0.386 e. The van der Waals surface area contributed by atoms with Crippen molar-refractivity contribution in [1.82, 2.24) is 5.32 Å². The largest absolute Gasteiger partial charge is 0.386 e. The van der Waals surface area contributed by atoms with Gasteiger partial charge < -0.3 is 5.32 Å². The highest BCUT2D eigenvalue weighted by molar-refractivity contribution is 5.80. The van der Waals surface area contributed by atoms with Crippen molar-refractivity contribution >= 4 is 6.29 Å². The molecule has 4 heteroatoms. The zero-order valence-electron chi connectivity index (χ0n) is 6.66. The molecule has 0 aromatic rings. The van der Waals surface area contributed by atoms with E-state index in [1.807, 2.05) is 0 Å². The molecule has 0 heterocycles. The van der Waals surface area contributed by atoms with Crippen LogP contribution in [0.5, 0.6) is 0 Å². The highest BCUT2D eigenvalue weighted by Gasteiger charge is 2.11. The Morgan fingerprint density at radius 3 is 2.17 bits per heavy atom. The highest BCUT2D eigenvalue weighted by Crippen LogP contribution is 2.17. The SMILES string of the molecule is C=C(NC)/C(F)=C(/C=O)C(=C)F. The van der Waals surface area contributed by atoms with Crippen LogP contribution >= 0.6 is 0 Å². The first-order valence-corrected chi connectivity index (χ1v) is 3.11. The van der Waals surface area contributed by atoms with Crippen molar-refractivity contribution in [3.63, 3.8) is 0 Å². The van der Waals surface area contributed by atoms with Crippen molar-refractivity contribution in [2.45, 2.75) is 0 Å². The van der Waals surface area contributed by atoms with Gasteiger partial charge in [0.1, 0.15) is 5.83 Å². The molecule has 66 valence electrons. The third-order valence-electron chi connectivity index (χ3n) is 1.21. The zero-order chi connectivity index (χ0) is 9.72. The Kier molecular flexibility index (Phi) is 3.90. The van der Waals surface area contributed by atoms with Crippen molar-refractivity contribution in [2.75, 3.05) is 7.05 Å². The normalized spacial score (nSPS) is 11.6. The van der Waals surface area contributed by atoms with E-state index >= 15 is 0 Å². The summed E-state index contributed by atoms with van der Waals surface area (Å²) in [6.07, 6.45) is 0.0557. The fourth-order valence-electron chi connectivity index (χ4n) is 0.507. The van der Waals surface area contributed by atoms with Crippen LogP contribution in [0.3, 0.4) is 0 Å². The molecule has 0 bridgehead atoms. The molecule has 0 rings (SSSR count). The molecule has 0 saturated carbocycles. The number of rotatable bonds is 4. The fraction of sp³-hybridized carbons (Fsp3) is 0.125. The lowest BCUT2D eigenvalue weighted by atomic mass is 10.2. The average Bonchev–Trinajstić information content (AvgIpc) is 2.03. The zero-order valence-corrected chi connectivity index (χ0v) is 6.66. The topological polar surface area (TPSA) is 29.1 Å². The van der Waals surface area contributed by atoms with Gasteiger partial charge in [-0.15, -0.1) is 0 Å². The number of hydrogen-bond donors (Lipinski definition) is 1. The summed E-state index contributed by atoms with van der Waals surface area (Å²) in [5.41, 5.74) is -0.870. The molecule has 1 N–H and O–H groups in total. The number of nitrogens with one attached hydrogen (secondary N) is 1. The van der Waals surface area contributed by atoms with Crippen LogP contribution in [0.1, 0.15) is 0 Å². The van der Waals surface area contributed by atoms with Gasteiger partial charge in [0.15, 0.2) is 12.1 Å². The second-order valence-corrected chi connectivity index (χ2v) is 1.98.